The minimum Gasteiger partial charge on any atom is -0.495 e. The van der Waals surface area contributed by atoms with Crippen molar-refractivity contribution < 1.29 is 13.9 Å². The van der Waals surface area contributed by atoms with E-state index in [1.165, 1.54) is 13.2 Å². The van der Waals surface area contributed by atoms with Crippen LogP contribution in [0.15, 0.2) is 12.1 Å². The maximum atomic E-state index is 13.2. The number of hydrogen-bond donors (Lipinski definition) is 0. The van der Waals surface area contributed by atoms with Gasteiger partial charge < -0.3 is 9.53 Å². The zero-order chi connectivity index (χ0) is 10.6. The van der Waals surface area contributed by atoms with Gasteiger partial charge in [0.15, 0.2) is 0 Å². The second kappa shape index (κ2) is 4.38. The highest BCUT2D eigenvalue weighted by atomic mass is 19.1. The second-order valence-electron chi connectivity index (χ2n) is 2.63. The van der Waals surface area contributed by atoms with Gasteiger partial charge in [0.1, 0.15) is 23.9 Å². The average molecular weight is 193 g/mol. The molecule has 1 aromatic carbocycles. The first kappa shape index (κ1) is 10.2. The fourth-order valence-electron chi connectivity index (χ4n) is 1.10. The molecular weight excluding hydrogens is 185 g/mol. The van der Waals surface area contributed by atoms with Gasteiger partial charge in [0, 0.05) is 12.5 Å². The molecule has 0 spiro atoms. The fourth-order valence-corrected chi connectivity index (χ4v) is 1.10. The van der Waals surface area contributed by atoms with Crippen molar-refractivity contribution in [1.29, 1.82) is 5.26 Å². The van der Waals surface area contributed by atoms with Crippen molar-refractivity contribution in [1.82, 2.24) is 0 Å². The van der Waals surface area contributed by atoms with E-state index in [0.717, 1.165) is 6.07 Å². The van der Waals surface area contributed by atoms with Crippen molar-refractivity contribution in [3.8, 4) is 11.8 Å². The van der Waals surface area contributed by atoms with E-state index in [9.17, 15) is 9.18 Å². The highest BCUT2D eigenvalue weighted by Crippen LogP contribution is 2.21. The van der Waals surface area contributed by atoms with Crippen molar-refractivity contribution >= 4 is 6.29 Å². The van der Waals surface area contributed by atoms with E-state index in [2.05, 4.69) is 0 Å². The van der Waals surface area contributed by atoms with Gasteiger partial charge in [-0.3, -0.25) is 0 Å². The van der Waals surface area contributed by atoms with E-state index in [4.69, 9.17) is 10.00 Å². The Morgan fingerprint density at radius 2 is 2.36 bits per heavy atom. The molecule has 0 aromatic heterocycles. The van der Waals surface area contributed by atoms with Crippen LogP contribution in [0.5, 0.6) is 5.75 Å². The van der Waals surface area contributed by atoms with Gasteiger partial charge >= 0.3 is 0 Å². The molecule has 0 bridgehead atoms. The largest absolute Gasteiger partial charge is 0.495 e. The Hall–Kier alpha value is -1.89. The van der Waals surface area contributed by atoms with Gasteiger partial charge in [-0.05, 0) is 11.6 Å². The Morgan fingerprint density at radius 1 is 1.64 bits per heavy atom. The summed E-state index contributed by atoms with van der Waals surface area (Å²) in [4.78, 5) is 10.2. The number of rotatable bonds is 3. The minimum absolute atomic E-state index is 0.0372. The number of nitrogens with zero attached hydrogens (tertiary/aromatic N) is 1. The molecule has 0 unspecified atom stereocenters. The lowest BCUT2D eigenvalue weighted by atomic mass is 10.1. The molecule has 0 radical (unpaired) electrons. The van der Waals surface area contributed by atoms with Crippen molar-refractivity contribution in [3.05, 3.63) is 29.1 Å². The van der Waals surface area contributed by atoms with Gasteiger partial charge in [-0.1, -0.05) is 0 Å². The summed E-state index contributed by atoms with van der Waals surface area (Å²) in [5.74, 6) is -0.354. The molecule has 0 aliphatic rings. The lowest BCUT2D eigenvalue weighted by Gasteiger charge is -2.05. The molecule has 0 aliphatic heterocycles. The summed E-state index contributed by atoms with van der Waals surface area (Å²) < 4.78 is 18.0. The van der Waals surface area contributed by atoms with Crippen LogP contribution in [0.1, 0.15) is 11.1 Å². The van der Waals surface area contributed by atoms with E-state index in [1.54, 1.807) is 0 Å². The Balaban J connectivity index is 3.24. The maximum absolute atomic E-state index is 13.2. The van der Waals surface area contributed by atoms with Crippen LogP contribution < -0.4 is 4.74 Å². The minimum atomic E-state index is -0.534. The van der Waals surface area contributed by atoms with Crippen LogP contribution in [-0.4, -0.2) is 13.4 Å². The van der Waals surface area contributed by atoms with E-state index >= 15 is 0 Å². The summed E-state index contributed by atoms with van der Waals surface area (Å²) in [5, 5.41) is 8.69. The average Bonchev–Trinajstić information content (AvgIpc) is 2.20. The van der Waals surface area contributed by atoms with Crippen molar-refractivity contribution in [3.63, 3.8) is 0 Å². The highest BCUT2D eigenvalue weighted by molar-refractivity contribution is 5.57. The number of carbonyl (C=O) groups is 1. The molecule has 0 aliphatic carbocycles. The Kier molecular flexibility index (Phi) is 3.19. The molecule has 0 atom stereocenters. The molecule has 0 saturated heterocycles. The van der Waals surface area contributed by atoms with Crippen LogP contribution in [0.2, 0.25) is 0 Å². The third-order valence-electron chi connectivity index (χ3n) is 1.79. The summed E-state index contributed by atoms with van der Waals surface area (Å²) in [7, 11) is 1.36. The van der Waals surface area contributed by atoms with Gasteiger partial charge in [-0.2, -0.15) is 5.26 Å². The summed E-state index contributed by atoms with van der Waals surface area (Å²) in [5.41, 5.74) is 0.433. The number of benzene rings is 1. The van der Waals surface area contributed by atoms with Crippen molar-refractivity contribution in [2.45, 2.75) is 6.42 Å². The lowest BCUT2D eigenvalue weighted by Crippen LogP contribution is -1.96. The molecule has 1 rings (SSSR count). The summed E-state index contributed by atoms with van der Waals surface area (Å²) in [6.45, 7) is 0. The van der Waals surface area contributed by atoms with E-state index in [1.807, 2.05) is 6.07 Å². The van der Waals surface area contributed by atoms with Crippen LogP contribution in [0.3, 0.4) is 0 Å². The van der Waals surface area contributed by atoms with Crippen LogP contribution in [0.25, 0.3) is 0 Å². The maximum Gasteiger partial charge on any atom is 0.139 e. The first-order valence-electron chi connectivity index (χ1n) is 3.93. The molecule has 0 saturated carbocycles. The van der Waals surface area contributed by atoms with Crippen LogP contribution in [0, 0.1) is 17.1 Å². The first-order chi connectivity index (χ1) is 6.72. The predicted molar refractivity (Wildman–Crippen MR) is 47.4 cm³/mol. The number of carbonyl (C=O) groups excluding carboxylic acids is 1. The molecule has 0 amide bonds. The van der Waals surface area contributed by atoms with Gasteiger partial charge in [0.05, 0.1) is 12.7 Å². The molecule has 0 fully saturated rings. The van der Waals surface area contributed by atoms with Gasteiger partial charge in [0.2, 0.25) is 0 Å². The topological polar surface area (TPSA) is 50.1 Å². The Bertz CT molecular complexity index is 396. The third kappa shape index (κ3) is 1.88. The summed E-state index contributed by atoms with van der Waals surface area (Å²) >= 11 is 0. The van der Waals surface area contributed by atoms with Crippen molar-refractivity contribution in [2.75, 3.05) is 7.11 Å². The number of halogens is 1. The van der Waals surface area contributed by atoms with Crippen LogP contribution in [-0.2, 0) is 11.2 Å². The zero-order valence-electron chi connectivity index (χ0n) is 7.58. The highest BCUT2D eigenvalue weighted by Gasteiger charge is 2.09. The smallest absolute Gasteiger partial charge is 0.139 e. The standard InChI is InChI=1S/C10H8FNO2/c1-14-10-5-9(11)7(2-3-13)4-8(10)6-12/h3-5H,2H2,1H3. The third-order valence-corrected chi connectivity index (χ3v) is 1.79. The number of ether oxygens (including phenoxy) is 1. The normalized spacial score (nSPS) is 9.21. The second-order valence-corrected chi connectivity index (χ2v) is 2.63. The predicted octanol–water partition coefficient (Wildman–Crippen LogP) is 1.45. The Labute approximate surface area is 80.7 Å². The number of hydrogen-bond acceptors (Lipinski definition) is 3. The molecule has 14 heavy (non-hydrogen) atoms. The van der Waals surface area contributed by atoms with E-state index < -0.39 is 5.82 Å². The van der Waals surface area contributed by atoms with Gasteiger partial charge in [-0.15, -0.1) is 0 Å². The van der Waals surface area contributed by atoms with Crippen LogP contribution >= 0.6 is 0 Å². The van der Waals surface area contributed by atoms with Gasteiger partial charge in [-0.25, -0.2) is 4.39 Å². The molecule has 3 nitrogen and oxygen atoms in total. The Morgan fingerprint density at radius 3 is 2.86 bits per heavy atom. The molecule has 0 N–H and O–H groups in total. The number of nitriles is 1. The molecule has 4 heteroatoms. The van der Waals surface area contributed by atoms with E-state index in [0.29, 0.717) is 6.29 Å². The zero-order valence-corrected chi connectivity index (χ0v) is 7.58. The monoisotopic (exact) mass is 193 g/mol. The summed E-state index contributed by atoms with van der Waals surface area (Å²) in [6, 6.07) is 4.30. The molecule has 72 valence electrons. The number of aldehydes is 1. The molecule has 1 aromatic rings. The fraction of sp³-hybridized carbons (Fsp3) is 0.200. The SMILES string of the molecule is COc1cc(F)c(CC=O)cc1C#N. The van der Waals surface area contributed by atoms with Crippen molar-refractivity contribution in [2.24, 2.45) is 0 Å². The van der Waals surface area contributed by atoms with Gasteiger partial charge in [0.25, 0.3) is 0 Å². The quantitative estimate of drug-likeness (QED) is 0.682. The first-order valence-corrected chi connectivity index (χ1v) is 3.93. The molecular formula is C10H8FNO2. The number of methoxy groups -OCH3 is 1. The summed E-state index contributed by atoms with van der Waals surface area (Å²) in [6.07, 6.45) is 0.552. The lowest BCUT2D eigenvalue weighted by molar-refractivity contribution is -0.107. The molecule has 0 heterocycles. The van der Waals surface area contributed by atoms with E-state index in [-0.39, 0.29) is 23.3 Å². The van der Waals surface area contributed by atoms with Crippen LogP contribution in [0.4, 0.5) is 4.39 Å².